The summed E-state index contributed by atoms with van der Waals surface area (Å²) in [6.45, 7) is 1.70. The van der Waals surface area contributed by atoms with Gasteiger partial charge in [0.05, 0.1) is 40.0 Å². The van der Waals surface area contributed by atoms with Crippen LogP contribution in [0.4, 0.5) is 13.2 Å². The molecule has 3 heterocycles. The Morgan fingerprint density at radius 2 is 1.95 bits per heavy atom. The van der Waals surface area contributed by atoms with Crippen LogP contribution in [-0.4, -0.2) is 32.2 Å². The van der Waals surface area contributed by atoms with Crippen molar-refractivity contribution in [1.82, 2.24) is 14.5 Å². The van der Waals surface area contributed by atoms with Crippen molar-refractivity contribution in [3.05, 3.63) is 76.1 Å². The fraction of sp³-hybridized carbons (Fsp3) is 0.320. The molecule has 0 N–H and O–H groups in total. The number of nitrogens with zero attached hydrogens (tertiary/aromatic N) is 4. The molecule has 1 fully saturated rings. The minimum Gasteiger partial charge on any atom is -0.299 e. The molecule has 1 atom stereocenters. The lowest BCUT2D eigenvalue weighted by Gasteiger charge is -2.17. The maximum absolute atomic E-state index is 13.8. The predicted octanol–water partition coefficient (Wildman–Crippen LogP) is 5.33. The lowest BCUT2D eigenvalue weighted by atomic mass is 10.0. The number of benzene rings is 1. The normalized spacial score (nSPS) is 16.8. The third kappa shape index (κ3) is 5.08. The summed E-state index contributed by atoms with van der Waals surface area (Å²) in [6, 6.07) is 6.56. The Bertz CT molecular complexity index is 1400. The van der Waals surface area contributed by atoms with Gasteiger partial charge in [0.2, 0.25) is 0 Å². The van der Waals surface area contributed by atoms with Gasteiger partial charge in [0.25, 0.3) is 0 Å². The van der Waals surface area contributed by atoms with Crippen LogP contribution in [0.5, 0.6) is 0 Å². The molecule has 8 nitrogen and oxygen atoms in total. The van der Waals surface area contributed by atoms with Gasteiger partial charge < -0.3 is 0 Å². The fourth-order valence-corrected chi connectivity index (χ4v) is 4.38. The number of carbonyl (C=O) groups is 2. The number of rotatable bonds is 5. The highest BCUT2D eigenvalue weighted by Crippen LogP contribution is 2.41. The zero-order chi connectivity index (χ0) is 26.3. The van der Waals surface area contributed by atoms with Crippen molar-refractivity contribution in [1.29, 1.82) is 0 Å². The van der Waals surface area contributed by atoms with E-state index in [9.17, 15) is 22.8 Å². The van der Waals surface area contributed by atoms with Gasteiger partial charge in [0.15, 0.2) is 0 Å². The summed E-state index contributed by atoms with van der Waals surface area (Å²) in [6.07, 6.45) is -0.322. The van der Waals surface area contributed by atoms with E-state index in [0.29, 0.717) is 41.3 Å². The van der Waals surface area contributed by atoms with Crippen molar-refractivity contribution in [3.8, 4) is 5.69 Å². The summed E-state index contributed by atoms with van der Waals surface area (Å²) in [4.78, 5) is 46.7. The molecule has 0 amide bonds. The summed E-state index contributed by atoms with van der Waals surface area (Å²) < 4.78 is 42.9. The first kappa shape index (κ1) is 24.9. The van der Waals surface area contributed by atoms with Gasteiger partial charge >= 0.3 is 18.1 Å². The maximum Gasteiger partial charge on any atom is 0.417 e. The molecule has 0 bridgehead atoms. The average Bonchev–Trinajstić information content (AvgIpc) is 3.66. The first-order valence-electron chi connectivity index (χ1n) is 11.5. The number of aryl methyl sites for hydroxylation is 1. The Morgan fingerprint density at radius 1 is 1.16 bits per heavy atom. The predicted molar refractivity (Wildman–Crippen MR) is 125 cm³/mol. The largest absolute Gasteiger partial charge is 0.417 e. The molecule has 1 aromatic carbocycles. The number of aromatic nitrogens is 3. The molecule has 37 heavy (non-hydrogen) atoms. The summed E-state index contributed by atoms with van der Waals surface area (Å²) in [5.41, 5.74) is 0.808. The minimum atomic E-state index is -4.68. The van der Waals surface area contributed by atoms with E-state index in [-0.39, 0.29) is 24.4 Å². The van der Waals surface area contributed by atoms with Crippen molar-refractivity contribution in [2.75, 3.05) is 0 Å². The number of carbonyl (C=O) groups excluding carboxylic acids is 2. The highest BCUT2D eigenvalue weighted by Gasteiger charge is 2.37. The number of hydrogen-bond acceptors (Lipinski definition) is 7. The van der Waals surface area contributed by atoms with Crippen molar-refractivity contribution in [2.24, 2.45) is 10.9 Å². The fourth-order valence-electron chi connectivity index (χ4n) is 4.11. The van der Waals surface area contributed by atoms with Gasteiger partial charge in [-0.25, -0.2) is 24.3 Å². The summed E-state index contributed by atoms with van der Waals surface area (Å²) in [5, 5.41) is -0.478. The van der Waals surface area contributed by atoms with E-state index in [1.165, 1.54) is 12.3 Å². The van der Waals surface area contributed by atoms with Crippen molar-refractivity contribution in [3.63, 3.8) is 0 Å². The lowest BCUT2D eigenvalue weighted by Crippen LogP contribution is -2.14. The molecule has 12 heteroatoms. The first-order valence-corrected chi connectivity index (χ1v) is 11.9. The van der Waals surface area contributed by atoms with Gasteiger partial charge in [-0.05, 0) is 50.5 Å². The van der Waals surface area contributed by atoms with Crippen LogP contribution >= 0.6 is 11.6 Å². The standard InChI is InChI=1S/C25H20ClF3N4O4/c1-13-12-31-23-19(7-8-21(34)36-37-24(35)14-5-6-14)32-22(18-4-2-3-9-30-18)15-10-17(26)16(25(27,28)29)11-20(15)33(13)23/h2-4,9-12,14,19H,5-8H2,1H3/t19-/m0/s1. The third-order valence-electron chi connectivity index (χ3n) is 6.09. The molecule has 1 aliphatic carbocycles. The highest BCUT2D eigenvalue weighted by molar-refractivity contribution is 6.32. The lowest BCUT2D eigenvalue weighted by molar-refractivity contribution is -0.260. The summed E-state index contributed by atoms with van der Waals surface area (Å²) >= 11 is 6.10. The number of alkyl halides is 3. The number of halogens is 4. The Hall–Kier alpha value is -3.73. The van der Waals surface area contributed by atoms with Gasteiger partial charge in [-0.1, -0.05) is 17.7 Å². The second-order valence-corrected chi connectivity index (χ2v) is 9.23. The Morgan fingerprint density at radius 3 is 2.62 bits per heavy atom. The van der Waals surface area contributed by atoms with E-state index in [1.807, 2.05) is 0 Å². The third-order valence-corrected chi connectivity index (χ3v) is 6.40. The molecule has 5 rings (SSSR count). The van der Waals surface area contributed by atoms with Crippen LogP contribution in [0.15, 0.2) is 47.7 Å². The van der Waals surface area contributed by atoms with E-state index >= 15 is 0 Å². The molecular formula is C25H20ClF3N4O4. The SMILES string of the molecule is Cc1cnc2n1-c1cc(C(F)(F)F)c(Cl)cc1C(c1ccccn1)=N[C@H]2CCC(=O)OOC(=O)C1CC1. The molecule has 2 aliphatic rings. The average molecular weight is 533 g/mol. The van der Waals surface area contributed by atoms with Crippen LogP contribution in [0.3, 0.4) is 0 Å². The topological polar surface area (TPSA) is 95.7 Å². The Kier molecular flexibility index (Phi) is 6.49. The second-order valence-electron chi connectivity index (χ2n) is 8.82. The van der Waals surface area contributed by atoms with E-state index in [2.05, 4.69) is 19.7 Å². The number of imidazole rings is 1. The zero-order valence-corrected chi connectivity index (χ0v) is 20.2. The Balaban J connectivity index is 1.55. The minimum absolute atomic E-state index is 0.0838. The number of pyridine rings is 1. The van der Waals surface area contributed by atoms with Crippen LogP contribution in [-0.2, 0) is 25.5 Å². The van der Waals surface area contributed by atoms with Crippen molar-refractivity contribution < 1.29 is 32.5 Å². The van der Waals surface area contributed by atoms with Crippen LogP contribution in [0, 0.1) is 12.8 Å². The van der Waals surface area contributed by atoms with Crippen LogP contribution in [0.2, 0.25) is 5.02 Å². The van der Waals surface area contributed by atoms with Crippen LogP contribution < -0.4 is 0 Å². The van der Waals surface area contributed by atoms with Crippen molar-refractivity contribution in [2.45, 2.75) is 44.8 Å². The molecule has 0 radical (unpaired) electrons. The molecule has 1 saturated carbocycles. The molecular weight excluding hydrogens is 513 g/mol. The number of aliphatic imine (C=N–C) groups is 1. The van der Waals surface area contributed by atoms with E-state index < -0.39 is 34.7 Å². The van der Waals surface area contributed by atoms with E-state index in [4.69, 9.17) is 16.6 Å². The number of fused-ring (bicyclic) bond motifs is 3. The van der Waals surface area contributed by atoms with Gasteiger partial charge in [-0.2, -0.15) is 13.2 Å². The summed E-state index contributed by atoms with van der Waals surface area (Å²) in [5.74, 6) is -1.26. The van der Waals surface area contributed by atoms with Crippen LogP contribution in [0.1, 0.15) is 60.1 Å². The van der Waals surface area contributed by atoms with Gasteiger partial charge in [0, 0.05) is 23.7 Å². The monoisotopic (exact) mass is 532 g/mol. The molecule has 0 unspecified atom stereocenters. The second kappa shape index (κ2) is 9.62. The van der Waals surface area contributed by atoms with Crippen molar-refractivity contribution >= 4 is 29.3 Å². The van der Waals surface area contributed by atoms with Gasteiger partial charge in [-0.15, -0.1) is 0 Å². The van der Waals surface area contributed by atoms with E-state index in [1.54, 1.807) is 35.9 Å². The molecule has 0 saturated heterocycles. The smallest absolute Gasteiger partial charge is 0.299 e. The number of hydrogen-bond donors (Lipinski definition) is 0. The molecule has 3 aromatic rings. The maximum atomic E-state index is 13.8. The summed E-state index contributed by atoms with van der Waals surface area (Å²) in [7, 11) is 0. The molecule has 0 spiro atoms. The zero-order valence-electron chi connectivity index (χ0n) is 19.5. The molecule has 1 aliphatic heterocycles. The molecule has 192 valence electrons. The quantitative estimate of drug-likeness (QED) is 0.325. The van der Waals surface area contributed by atoms with Gasteiger partial charge in [-0.3, -0.25) is 14.5 Å². The Labute approximate surface area is 214 Å². The molecule has 2 aromatic heterocycles. The van der Waals surface area contributed by atoms with E-state index in [0.717, 1.165) is 6.07 Å². The highest BCUT2D eigenvalue weighted by atomic mass is 35.5. The first-order chi connectivity index (χ1) is 17.6. The van der Waals surface area contributed by atoms with Gasteiger partial charge in [0.1, 0.15) is 11.9 Å². The van der Waals surface area contributed by atoms with Crippen LogP contribution in [0.25, 0.3) is 5.69 Å².